The van der Waals surface area contributed by atoms with Crippen LogP contribution < -0.4 is 4.74 Å². The van der Waals surface area contributed by atoms with E-state index >= 15 is 0 Å². The van der Waals surface area contributed by atoms with Gasteiger partial charge in [-0.25, -0.2) is 9.59 Å². The molecular weight excluding hydrogens is 807 g/mol. The van der Waals surface area contributed by atoms with E-state index < -0.39 is 40.7 Å². The summed E-state index contributed by atoms with van der Waals surface area (Å²) < 4.78 is 29.6. The number of β-amino-alcohol motifs (C(OH)–C–C–N with tert-alkyl or cyclic N) is 1. The number of halogens is 2. The fraction of sp³-hybridized carbons (Fsp3) is 0.447. The van der Waals surface area contributed by atoms with Crippen molar-refractivity contribution in [1.82, 2.24) is 9.80 Å². The number of methoxy groups -OCH3 is 1. The molecule has 2 aliphatic rings. The molecule has 4 aromatic carbocycles. The van der Waals surface area contributed by atoms with Crippen LogP contribution in [0.15, 0.2) is 103 Å². The van der Waals surface area contributed by atoms with Crippen molar-refractivity contribution in [2.24, 2.45) is 0 Å². The summed E-state index contributed by atoms with van der Waals surface area (Å²) in [6, 6.07) is 32.2. The molecule has 0 spiro atoms. The number of amides is 2. The average molecular weight is 866 g/mol. The maximum atomic E-state index is 13.1. The Kier molecular flexibility index (Phi) is 15.6. The number of aliphatic hydroxyl groups excluding tert-OH is 1. The maximum absolute atomic E-state index is 13.1. The third kappa shape index (κ3) is 12.6. The lowest BCUT2D eigenvalue weighted by Crippen LogP contribution is -2.57. The van der Waals surface area contributed by atoms with Gasteiger partial charge >= 0.3 is 12.2 Å². The molecule has 2 fully saturated rings. The molecule has 0 aliphatic carbocycles. The number of ether oxygens (including phenoxy) is 5. The number of hydrogen-bond acceptors (Lipinski definition) is 9. The van der Waals surface area contributed by atoms with Crippen molar-refractivity contribution in [3.63, 3.8) is 0 Å². The molecule has 0 unspecified atom stereocenters. The number of carbonyl (C=O) groups is 2. The van der Waals surface area contributed by atoms with Gasteiger partial charge in [0.15, 0.2) is 0 Å². The highest BCUT2D eigenvalue weighted by Gasteiger charge is 2.48. The second kappa shape index (κ2) is 20.0. The lowest BCUT2D eigenvalue weighted by Gasteiger charge is -2.47. The Labute approximate surface area is 364 Å². The number of likely N-dealkylation sites (tertiary alicyclic amines) is 2. The van der Waals surface area contributed by atoms with Gasteiger partial charge in [0.2, 0.25) is 0 Å². The maximum Gasteiger partial charge on any atom is 0.410 e. The van der Waals surface area contributed by atoms with Crippen molar-refractivity contribution in [1.29, 1.82) is 0 Å². The smallest absolute Gasteiger partial charge is 0.410 e. The number of benzene rings is 4. The van der Waals surface area contributed by atoms with E-state index in [9.17, 15) is 19.8 Å². The lowest BCUT2D eigenvalue weighted by atomic mass is 9.81. The van der Waals surface area contributed by atoms with Crippen LogP contribution in [0.5, 0.6) is 5.75 Å². The number of carbonyl (C=O) groups excluding carboxylic acids is 2. The topological polar surface area (TPSA) is 127 Å². The highest BCUT2D eigenvalue weighted by molar-refractivity contribution is 6.30. The largest absolute Gasteiger partial charge is 0.497 e. The van der Waals surface area contributed by atoms with Gasteiger partial charge in [-0.2, -0.15) is 0 Å². The first-order chi connectivity index (χ1) is 28.3. The monoisotopic (exact) mass is 864 g/mol. The molecule has 4 aromatic rings. The van der Waals surface area contributed by atoms with Gasteiger partial charge in [-0.05, 0) is 100 Å². The minimum absolute atomic E-state index is 0.0219. The molecule has 11 nitrogen and oxygen atoms in total. The molecule has 0 saturated carbocycles. The van der Waals surface area contributed by atoms with Crippen molar-refractivity contribution in [2.45, 2.75) is 102 Å². The van der Waals surface area contributed by atoms with E-state index in [4.69, 9.17) is 46.9 Å². The van der Waals surface area contributed by atoms with Crippen LogP contribution in [0.2, 0.25) is 10.0 Å². The molecule has 0 aromatic heterocycles. The molecule has 60 heavy (non-hydrogen) atoms. The fourth-order valence-electron chi connectivity index (χ4n) is 7.09. The first-order valence-electron chi connectivity index (χ1n) is 20.1. The minimum Gasteiger partial charge on any atom is -0.497 e. The molecule has 6 rings (SSSR count). The van der Waals surface area contributed by atoms with Gasteiger partial charge in [0.25, 0.3) is 0 Å². The van der Waals surface area contributed by atoms with Crippen molar-refractivity contribution >= 4 is 35.4 Å². The third-order valence-corrected chi connectivity index (χ3v) is 10.8. The zero-order valence-electron chi connectivity index (χ0n) is 35.5. The number of aliphatic hydroxyl groups is 2. The van der Waals surface area contributed by atoms with E-state index in [-0.39, 0.29) is 19.1 Å². The van der Waals surface area contributed by atoms with Crippen molar-refractivity contribution in [3.8, 4) is 5.75 Å². The van der Waals surface area contributed by atoms with Crippen LogP contribution in [0.3, 0.4) is 0 Å². The predicted molar refractivity (Wildman–Crippen MR) is 232 cm³/mol. The Bertz CT molecular complexity index is 1990. The molecule has 2 amide bonds. The Morgan fingerprint density at radius 3 is 1.70 bits per heavy atom. The van der Waals surface area contributed by atoms with Gasteiger partial charge in [0, 0.05) is 36.0 Å². The number of hydrogen-bond donors (Lipinski definition) is 2. The lowest BCUT2D eigenvalue weighted by molar-refractivity contribution is -0.191. The quantitative estimate of drug-likeness (QED) is 0.169. The van der Waals surface area contributed by atoms with Gasteiger partial charge in [-0.3, -0.25) is 0 Å². The van der Waals surface area contributed by atoms with E-state index in [1.54, 1.807) is 57.0 Å². The molecule has 0 radical (unpaired) electrons. The van der Waals surface area contributed by atoms with Gasteiger partial charge in [0.1, 0.15) is 40.4 Å². The van der Waals surface area contributed by atoms with E-state index in [0.717, 1.165) is 22.4 Å². The second-order valence-corrected chi connectivity index (χ2v) is 18.0. The first kappa shape index (κ1) is 46.7. The number of piperidine rings is 2. The second-order valence-electron chi connectivity index (χ2n) is 17.1. The van der Waals surface area contributed by atoms with E-state index in [1.165, 1.54) is 4.90 Å². The summed E-state index contributed by atoms with van der Waals surface area (Å²) in [7, 11) is 1.64. The van der Waals surface area contributed by atoms with Crippen LogP contribution in [-0.2, 0) is 43.4 Å². The Balaban J connectivity index is 0.000000263. The van der Waals surface area contributed by atoms with Crippen molar-refractivity contribution in [3.05, 3.63) is 135 Å². The minimum atomic E-state index is -1.39. The highest BCUT2D eigenvalue weighted by atomic mass is 35.5. The molecule has 0 bridgehead atoms. The summed E-state index contributed by atoms with van der Waals surface area (Å²) in [4.78, 5) is 28.2. The first-order valence-corrected chi connectivity index (χ1v) is 20.9. The summed E-state index contributed by atoms with van der Waals surface area (Å²) in [5.74, 6) is 0.782. The van der Waals surface area contributed by atoms with Crippen molar-refractivity contribution < 1.29 is 43.5 Å². The van der Waals surface area contributed by atoms with Crippen LogP contribution >= 0.6 is 23.2 Å². The zero-order chi connectivity index (χ0) is 43.7. The summed E-state index contributed by atoms with van der Waals surface area (Å²) >= 11 is 12.1. The van der Waals surface area contributed by atoms with Gasteiger partial charge < -0.3 is 43.7 Å². The Morgan fingerprint density at radius 1 is 0.683 bits per heavy atom. The molecular formula is C47H58Cl2N2O9. The molecule has 4 atom stereocenters. The Morgan fingerprint density at radius 2 is 1.18 bits per heavy atom. The van der Waals surface area contributed by atoms with Gasteiger partial charge in [0.05, 0.1) is 33.4 Å². The van der Waals surface area contributed by atoms with Gasteiger partial charge in [-0.15, -0.1) is 0 Å². The van der Waals surface area contributed by atoms with Crippen LogP contribution in [0, 0.1) is 0 Å². The number of rotatable bonds is 9. The van der Waals surface area contributed by atoms with Gasteiger partial charge in [-0.1, -0.05) is 89.9 Å². The molecule has 2 heterocycles. The molecule has 13 heteroatoms. The van der Waals surface area contributed by atoms with Crippen LogP contribution in [0.4, 0.5) is 9.59 Å². The Hall–Kier alpha value is -4.36. The molecule has 2 saturated heterocycles. The summed E-state index contributed by atoms with van der Waals surface area (Å²) in [5.41, 5.74) is 0.234. The zero-order valence-corrected chi connectivity index (χ0v) is 37.0. The van der Waals surface area contributed by atoms with Crippen LogP contribution in [-0.4, -0.2) is 88.9 Å². The summed E-state index contributed by atoms with van der Waals surface area (Å²) in [5, 5.41) is 22.3. The fourth-order valence-corrected chi connectivity index (χ4v) is 7.34. The average Bonchev–Trinajstić information content (AvgIpc) is 3.20. The molecule has 2 aliphatic heterocycles. The predicted octanol–water partition coefficient (Wildman–Crippen LogP) is 9.52. The third-order valence-electron chi connectivity index (χ3n) is 10.3. The van der Waals surface area contributed by atoms with Crippen LogP contribution in [0.25, 0.3) is 0 Å². The molecule has 2 N–H and O–H groups in total. The van der Waals surface area contributed by atoms with Crippen LogP contribution in [0.1, 0.15) is 76.6 Å². The van der Waals surface area contributed by atoms with E-state index in [2.05, 4.69) is 0 Å². The standard InChI is InChI=1S/C31H36ClNO5.C16H22ClNO4/c1-30(2,3)38-29(34)33-19-18-31(25-12-14-26(32)15-13-25,37-22-23-8-6-5-7-9-23)28(20-33)36-21-24-10-16-27(35-4)17-11-24;1-15(2,3)22-14(20)18-9-8-16(21,13(19)10-18)11-4-6-12(17)7-5-11/h5-17,28H,18-22H2,1-4H3;4-7,13,19,21H,8-10H2,1-3H3/t28-,31-;13-,16-/m11/s1. The van der Waals surface area contributed by atoms with E-state index in [0.29, 0.717) is 54.9 Å². The number of nitrogens with zero attached hydrogens (tertiary/aromatic N) is 2. The molecule has 324 valence electrons. The van der Waals surface area contributed by atoms with Crippen molar-refractivity contribution in [2.75, 3.05) is 33.3 Å². The van der Waals surface area contributed by atoms with E-state index in [1.807, 2.05) is 99.6 Å². The summed E-state index contributed by atoms with van der Waals surface area (Å²) in [6.45, 7) is 12.8. The highest BCUT2D eigenvalue weighted by Crippen LogP contribution is 2.41. The normalized spacial score (nSPS) is 22.0. The SMILES string of the molecule is CC(C)(C)OC(=O)N1CC[C@@](O)(c2ccc(Cl)cc2)[C@H](O)C1.COc1ccc(CO[C@@H]2CN(C(=O)OC(C)(C)C)CC[C@@]2(OCc2ccccc2)c2ccc(Cl)cc2)cc1. The summed E-state index contributed by atoms with van der Waals surface area (Å²) in [6.07, 6.45) is -1.62.